The fourth-order valence-electron chi connectivity index (χ4n) is 3.04. The van der Waals surface area contributed by atoms with Gasteiger partial charge in [-0.2, -0.15) is 0 Å². The van der Waals surface area contributed by atoms with Gasteiger partial charge in [0.2, 0.25) is 5.91 Å². The maximum Gasteiger partial charge on any atom is 0.284 e. The summed E-state index contributed by atoms with van der Waals surface area (Å²) in [5.74, 6) is 0.925. The third-order valence-electron chi connectivity index (χ3n) is 4.48. The zero-order valence-corrected chi connectivity index (χ0v) is 15.8. The molecule has 1 saturated heterocycles. The molecular weight excluding hydrogens is 364 g/mol. The highest BCUT2D eigenvalue weighted by atomic mass is 32.2. The van der Waals surface area contributed by atoms with E-state index >= 15 is 0 Å². The number of rotatable bonds is 5. The second-order valence-electron chi connectivity index (χ2n) is 6.26. The van der Waals surface area contributed by atoms with Crippen molar-refractivity contribution in [3.8, 4) is 11.7 Å². The van der Waals surface area contributed by atoms with Crippen LogP contribution in [0.3, 0.4) is 0 Å². The highest BCUT2D eigenvalue weighted by Crippen LogP contribution is 2.27. The van der Waals surface area contributed by atoms with Crippen molar-refractivity contribution in [2.24, 2.45) is 0 Å². The van der Waals surface area contributed by atoms with Crippen LogP contribution < -0.4 is 4.90 Å². The van der Waals surface area contributed by atoms with Crippen LogP contribution in [-0.2, 0) is 4.79 Å². The zero-order valence-electron chi connectivity index (χ0n) is 14.9. The molecule has 0 aliphatic carbocycles. The molecule has 1 fully saturated rings. The number of aromatic nitrogens is 2. The molecule has 3 heterocycles. The summed E-state index contributed by atoms with van der Waals surface area (Å²) in [5.41, 5.74) is 1.20. The van der Waals surface area contributed by atoms with Gasteiger partial charge in [0.05, 0.1) is 11.5 Å². The minimum absolute atomic E-state index is 0.0884. The summed E-state index contributed by atoms with van der Waals surface area (Å²) in [7, 11) is 0. The van der Waals surface area contributed by atoms with Crippen molar-refractivity contribution in [1.82, 2.24) is 15.1 Å². The molecule has 0 unspecified atom stereocenters. The Hall–Kier alpha value is -2.74. The average Bonchev–Trinajstić information content (AvgIpc) is 3.40. The Morgan fingerprint density at radius 1 is 1.07 bits per heavy atom. The van der Waals surface area contributed by atoms with Crippen molar-refractivity contribution < 1.29 is 13.6 Å². The fraction of sp³-hybridized carbons (Fsp3) is 0.316. The molecular formula is C19H20N4O3S. The zero-order chi connectivity index (χ0) is 18.6. The number of hydrogen-bond donors (Lipinski definition) is 0. The smallest absolute Gasteiger partial charge is 0.284 e. The van der Waals surface area contributed by atoms with E-state index in [1.54, 1.807) is 18.4 Å². The highest BCUT2D eigenvalue weighted by Gasteiger charge is 2.27. The van der Waals surface area contributed by atoms with Crippen molar-refractivity contribution >= 4 is 23.4 Å². The van der Waals surface area contributed by atoms with Crippen molar-refractivity contribution in [2.45, 2.75) is 17.4 Å². The van der Waals surface area contributed by atoms with Gasteiger partial charge in [-0.3, -0.25) is 4.79 Å². The number of carbonyl (C=O) groups excluding carboxylic acids is 1. The van der Waals surface area contributed by atoms with E-state index in [9.17, 15) is 4.79 Å². The van der Waals surface area contributed by atoms with Crippen molar-refractivity contribution in [1.29, 1.82) is 0 Å². The quantitative estimate of drug-likeness (QED) is 0.626. The van der Waals surface area contributed by atoms with Crippen molar-refractivity contribution in [3.63, 3.8) is 0 Å². The monoisotopic (exact) mass is 384 g/mol. The van der Waals surface area contributed by atoms with Crippen LogP contribution in [0.4, 0.5) is 5.69 Å². The van der Waals surface area contributed by atoms with Crippen molar-refractivity contribution in [3.05, 3.63) is 48.7 Å². The molecule has 0 bridgehead atoms. The maximum atomic E-state index is 12.8. The normalized spacial score (nSPS) is 15.7. The molecule has 1 aromatic carbocycles. The number of anilines is 1. The summed E-state index contributed by atoms with van der Waals surface area (Å²) in [6.07, 6.45) is 1.55. The molecule has 8 heteroatoms. The number of carbonyl (C=O) groups is 1. The Morgan fingerprint density at radius 2 is 1.85 bits per heavy atom. The third-order valence-corrected chi connectivity index (χ3v) is 5.40. The summed E-state index contributed by atoms with van der Waals surface area (Å²) >= 11 is 1.27. The summed E-state index contributed by atoms with van der Waals surface area (Å²) < 4.78 is 10.8. The van der Waals surface area contributed by atoms with E-state index in [0.29, 0.717) is 30.0 Å². The van der Waals surface area contributed by atoms with Gasteiger partial charge in [0.15, 0.2) is 5.76 Å². The fourth-order valence-corrected chi connectivity index (χ4v) is 3.81. The van der Waals surface area contributed by atoms with Gasteiger partial charge in [-0.1, -0.05) is 30.0 Å². The van der Waals surface area contributed by atoms with Gasteiger partial charge in [0, 0.05) is 31.9 Å². The van der Waals surface area contributed by atoms with Crippen LogP contribution in [0.1, 0.15) is 6.92 Å². The number of thioether (sulfide) groups is 1. The Labute approximate surface area is 161 Å². The van der Waals surface area contributed by atoms with E-state index in [1.807, 2.05) is 30.0 Å². The Bertz CT molecular complexity index is 874. The van der Waals surface area contributed by atoms with E-state index in [1.165, 1.54) is 17.4 Å². The predicted octanol–water partition coefficient (Wildman–Crippen LogP) is 3.16. The maximum absolute atomic E-state index is 12.8. The molecule has 4 rings (SSSR count). The summed E-state index contributed by atoms with van der Waals surface area (Å²) in [4.78, 5) is 17.0. The van der Waals surface area contributed by atoms with Crippen LogP contribution in [-0.4, -0.2) is 52.4 Å². The third kappa shape index (κ3) is 4.00. The predicted molar refractivity (Wildman–Crippen MR) is 103 cm³/mol. The van der Waals surface area contributed by atoms with Crippen molar-refractivity contribution in [2.75, 3.05) is 31.1 Å². The number of para-hydroxylation sites is 1. The molecule has 1 aliphatic heterocycles. The molecule has 27 heavy (non-hydrogen) atoms. The molecule has 2 aromatic heterocycles. The van der Waals surface area contributed by atoms with Crippen LogP contribution in [0.5, 0.6) is 0 Å². The van der Waals surface area contributed by atoms with E-state index in [2.05, 4.69) is 27.2 Å². The van der Waals surface area contributed by atoms with Gasteiger partial charge in [-0.05, 0) is 31.2 Å². The molecule has 3 aromatic rings. The number of benzene rings is 1. The standard InChI is InChI=1S/C19H20N4O3S/c1-14(27-19-21-20-17(26-19)16-8-5-13-25-16)18(24)23-11-9-22(10-12-23)15-6-3-2-4-7-15/h2-8,13-14H,9-12H2,1H3/t14-/m1/s1. The van der Waals surface area contributed by atoms with Crippen LogP contribution in [0.15, 0.2) is 62.8 Å². The van der Waals surface area contributed by atoms with Gasteiger partial charge in [0.25, 0.3) is 11.1 Å². The van der Waals surface area contributed by atoms with Gasteiger partial charge < -0.3 is 18.6 Å². The average molecular weight is 384 g/mol. The van der Waals surface area contributed by atoms with Crippen LogP contribution in [0.2, 0.25) is 0 Å². The molecule has 1 aliphatic rings. The number of nitrogens with zero attached hydrogens (tertiary/aromatic N) is 4. The molecule has 1 amide bonds. The SMILES string of the molecule is C[C@@H](Sc1nnc(-c2ccco2)o1)C(=O)N1CCN(c2ccccc2)CC1. The topological polar surface area (TPSA) is 75.6 Å². The molecule has 140 valence electrons. The second-order valence-corrected chi connectivity index (χ2v) is 7.55. The van der Waals surface area contributed by atoms with Gasteiger partial charge >= 0.3 is 0 Å². The molecule has 0 radical (unpaired) electrons. The van der Waals surface area contributed by atoms with Crippen LogP contribution in [0.25, 0.3) is 11.7 Å². The Morgan fingerprint density at radius 3 is 2.56 bits per heavy atom. The number of amides is 1. The lowest BCUT2D eigenvalue weighted by atomic mass is 10.2. The van der Waals surface area contributed by atoms with Crippen LogP contribution in [0, 0.1) is 0 Å². The number of piperazine rings is 1. The summed E-state index contributed by atoms with van der Waals surface area (Å²) in [6.45, 7) is 4.94. The van der Waals surface area contributed by atoms with Gasteiger partial charge in [-0.15, -0.1) is 10.2 Å². The lowest BCUT2D eigenvalue weighted by molar-refractivity contribution is -0.130. The number of hydrogen-bond acceptors (Lipinski definition) is 7. The first-order valence-electron chi connectivity index (χ1n) is 8.83. The molecule has 0 saturated carbocycles. The summed E-state index contributed by atoms with van der Waals surface area (Å²) in [6, 6.07) is 13.8. The molecule has 7 nitrogen and oxygen atoms in total. The molecule has 1 atom stereocenters. The van der Waals surface area contributed by atoms with E-state index < -0.39 is 0 Å². The minimum atomic E-state index is -0.293. The lowest BCUT2D eigenvalue weighted by Crippen LogP contribution is -2.50. The summed E-state index contributed by atoms with van der Waals surface area (Å²) in [5, 5.41) is 8.04. The van der Waals surface area contributed by atoms with E-state index in [0.717, 1.165) is 13.1 Å². The first-order valence-corrected chi connectivity index (χ1v) is 9.71. The van der Waals surface area contributed by atoms with Gasteiger partial charge in [-0.25, -0.2) is 0 Å². The Balaban J connectivity index is 1.32. The first kappa shape index (κ1) is 17.7. The van der Waals surface area contributed by atoms with Gasteiger partial charge in [0.1, 0.15) is 0 Å². The second kappa shape index (κ2) is 7.87. The van der Waals surface area contributed by atoms with E-state index in [-0.39, 0.29) is 11.2 Å². The van der Waals surface area contributed by atoms with Crippen LogP contribution >= 0.6 is 11.8 Å². The first-order chi connectivity index (χ1) is 13.2. The number of furan rings is 1. The molecule has 0 spiro atoms. The highest BCUT2D eigenvalue weighted by molar-refractivity contribution is 8.00. The lowest BCUT2D eigenvalue weighted by Gasteiger charge is -2.37. The Kier molecular flexibility index (Phi) is 5.15. The minimum Gasteiger partial charge on any atom is -0.459 e. The largest absolute Gasteiger partial charge is 0.459 e. The molecule has 0 N–H and O–H groups in total. The van der Waals surface area contributed by atoms with E-state index in [4.69, 9.17) is 8.83 Å².